The Morgan fingerprint density at radius 1 is 1.29 bits per heavy atom. The standard InChI is InChI=1S/C22H22N4O3S2/c27-18(15-5-7-17-14(11-15)6-8-20(28)23-17)13-31-22-25-24-21(19-4-2-10-30-19)26(22)12-16-3-1-9-29-16/h2,4-5,7,10-11,16H,1,3,6,8-9,12-13H2,(H,23,28)/t16-/m1/s1. The van der Waals surface area contributed by atoms with Gasteiger partial charge in [0.15, 0.2) is 16.8 Å². The molecule has 160 valence electrons. The van der Waals surface area contributed by atoms with Crippen molar-refractivity contribution in [1.29, 1.82) is 0 Å². The van der Waals surface area contributed by atoms with Crippen molar-refractivity contribution in [2.45, 2.75) is 43.5 Å². The lowest BCUT2D eigenvalue weighted by Crippen LogP contribution is -2.19. The van der Waals surface area contributed by atoms with E-state index in [1.165, 1.54) is 11.8 Å². The van der Waals surface area contributed by atoms with Crippen molar-refractivity contribution in [2.75, 3.05) is 17.7 Å². The highest BCUT2D eigenvalue weighted by Gasteiger charge is 2.23. The van der Waals surface area contributed by atoms with E-state index in [2.05, 4.69) is 20.1 Å². The Bertz CT molecular complexity index is 1100. The lowest BCUT2D eigenvalue weighted by molar-refractivity contribution is -0.116. The smallest absolute Gasteiger partial charge is 0.224 e. The van der Waals surface area contributed by atoms with Gasteiger partial charge in [-0.05, 0) is 54.5 Å². The minimum atomic E-state index is 0.0225. The molecule has 1 aromatic carbocycles. The molecule has 1 amide bonds. The molecule has 3 aromatic rings. The summed E-state index contributed by atoms with van der Waals surface area (Å²) in [5.41, 5.74) is 2.47. The van der Waals surface area contributed by atoms with E-state index >= 15 is 0 Å². The monoisotopic (exact) mass is 454 g/mol. The first-order valence-electron chi connectivity index (χ1n) is 10.3. The molecule has 0 aliphatic carbocycles. The third-order valence-corrected chi connectivity index (χ3v) is 7.36. The summed E-state index contributed by atoms with van der Waals surface area (Å²) in [6.07, 6.45) is 3.37. The van der Waals surface area contributed by atoms with E-state index in [-0.39, 0.29) is 23.5 Å². The Balaban J connectivity index is 1.33. The van der Waals surface area contributed by atoms with Crippen molar-refractivity contribution in [1.82, 2.24) is 14.8 Å². The molecule has 0 spiro atoms. The second-order valence-corrected chi connectivity index (χ2v) is 9.55. The van der Waals surface area contributed by atoms with Crippen LogP contribution in [-0.4, -0.2) is 44.9 Å². The highest BCUT2D eigenvalue weighted by Crippen LogP contribution is 2.30. The van der Waals surface area contributed by atoms with Crippen molar-refractivity contribution in [3.63, 3.8) is 0 Å². The number of nitrogens with zero attached hydrogens (tertiary/aromatic N) is 3. The molecular weight excluding hydrogens is 432 g/mol. The molecule has 1 saturated heterocycles. The number of aromatic nitrogens is 3. The number of thiophene rings is 1. The zero-order valence-corrected chi connectivity index (χ0v) is 18.5. The lowest BCUT2D eigenvalue weighted by Gasteiger charge is -2.17. The number of rotatable bonds is 7. The Hall–Kier alpha value is -2.49. The van der Waals surface area contributed by atoms with E-state index in [4.69, 9.17) is 4.74 Å². The molecule has 9 heteroatoms. The van der Waals surface area contributed by atoms with Crippen molar-refractivity contribution >= 4 is 40.5 Å². The average molecular weight is 455 g/mol. The maximum Gasteiger partial charge on any atom is 0.224 e. The van der Waals surface area contributed by atoms with Gasteiger partial charge < -0.3 is 10.1 Å². The lowest BCUT2D eigenvalue weighted by atomic mass is 9.99. The number of carbonyl (C=O) groups excluding carboxylic acids is 2. The Labute approximate surface area is 188 Å². The van der Waals surface area contributed by atoms with Gasteiger partial charge in [-0.3, -0.25) is 14.2 Å². The van der Waals surface area contributed by atoms with Gasteiger partial charge in [-0.25, -0.2) is 0 Å². The van der Waals surface area contributed by atoms with E-state index in [0.29, 0.717) is 24.9 Å². The number of nitrogens with one attached hydrogen (secondary N) is 1. The number of aryl methyl sites for hydroxylation is 1. The van der Waals surface area contributed by atoms with Crippen LogP contribution in [0.4, 0.5) is 5.69 Å². The van der Waals surface area contributed by atoms with Gasteiger partial charge in [-0.1, -0.05) is 17.8 Å². The zero-order valence-electron chi connectivity index (χ0n) is 16.9. The molecule has 1 fully saturated rings. The second-order valence-electron chi connectivity index (χ2n) is 7.66. The number of benzene rings is 1. The summed E-state index contributed by atoms with van der Waals surface area (Å²) in [6.45, 7) is 1.48. The van der Waals surface area contributed by atoms with Crippen molar-refractivity contribution in [3.8, 4) is 10.7 Å². The summed E-state index contributed by atoms with van der Waals surface area (Å²) in [5, 5.41) is 14.4. The largest absolute Gasteiger partial charge is 0.376 e. The average Bonchev–Trinajstić information content (AvgIpc) is 3.54. The molecule has 4 heterocycles. The Morgan fingerprint density at radius 3 is 3.03 bits per heavy atom. The molecular formula is C22H22N4O3S2. The van der Waals surface area contributed by atoms with Gasteiger partial charge >= 0.3 is 0 Å². The molecule has 0 unspecified atom stereocenters. The number of ketones is 1. The fourth-order valence-corrected chi connectivity index (χ4v) is 5.47. The molecule has 2 aromatic heterocycles. The summed E-state index contributed by atoms with van der Waals surface area (Å²) < 4.78 is 7.92. The van der Waals surface area contributed by atoms with Gasteiger partial charge in [-0.2, -0.15) is 0 Å². The summed E-state index contributed by atoms with van der Waals surface area (Å²) >= 11 is 3.03. The Morgan fingerprint density at radius 2 is 2.23 bits per heavy atom. The van der Waals surface area contributed by atoms with Crippen LogP contribution in [0.25, 0.3) is 10.7 Å². The van der Waals surface area contributed by atoms with Gasteiger partial charge in [0.2, 0.25) is 5.91 Å². The number of thioether (sulfide) groups is 1. The van der Waals surface area contributed by atoms with Gasteiger partial charge in [0.05, 0.1) is 23.3 Å². The van der Waals surface area contributed by atoms with Crippen LogP contribution < -0.4 is 5.32 Å². The maximum absolute atomic E-state index is 12.9. The highest BCUT2D eigenvalue weighted by molar-refractivity contribution is 7.99. The first kappa shape index (κ1) is 20.4. The van der Waals surface area contributed by atoms with Crippen LogP contribution in [0.15, 0.2) is 40.9 Å². The number of carbonyl (C=O) groups is 2. The van der Waals surface area contributed by atoms with Crippen molar-refractivity contribution < 1.29 is 14.3 Å². The molecule has 5 rings (SSSR count). The van der Waals surface area contributed by atoms with Crippen LogP contribution in [0.3, 0.4) is 0 Å². The van der Waals surface area contributed by atoms with E-state index in [1.54, 1.807) is 17.4 Å². The fraction of sp³-hybridized carbons (Fsp3) is 0.364. The summed E-state index contributed by atoms with van der Waals surface area (Å²) in [6, 6.07) is 9.53. The van der Waals surface area contributed by atoms with E-state index < -0.39 is 0 Å². The quantitative estimate of drug-likeness (QED) is 0.428. The SMILES string of the molecule is O=C1CCc2cc(C(=O)CSc3nnc(-c4cccs4)n3C[C@H]3CCCO3)ccc2N1. The molecule has 2 aliphatic heterocycles. The maximum atomic E-state index is 12.9. The van der Waals surface area contributed by atoms with Crippen LogP contribution >= 0.6 is 23.1 Å². The van der Waals surface area contributed by atoms with Crippen LogP contribution in [-0.2, 0) is 22.5 Å². The molecule has 0 radical (unpaired) electrons. The van der Waals surface area contributed by atoms with Crippen LogP contribution in [0.5, 0.6) is 0 Å². The van der Waals surface area contributed by atoms with Gasteiger partial charge in [0.1, 0.15) is 0 Å². The fourth-order valence-electron chi connectivity index (χ4n) is 3.91. The number of Topliss-reactive ketones (excluding diaryl/α,β-unsaturated/α-hetero) is 1. The first-order chi connectivity index (χ1) is 15.2. The number of anilines is 1. The second kappa shape index (κ2) is 8.94. The third kappa shape index (κ3) is 4.44. The van der Waals surface area contributed by atoms with Gasteiger partial charge in [0, 0.05) is 24.3 Å². The number of ether oxygens (including phenoxy) is 1. The van der Waals surface area contributed by atoms with Gasteiger partial charge in [-0.15, -0.1) is 21.5 Å². The zero-order chi connectivity index (χ0) is 21.2. The third-order valence-electron chi connectivity index (χ3n) is 5.52. The number of amides is 1. The van der Waals surface area contributed by atoms with E-state index in [1.807, 2.05) is 29.6 Å². The van der Waals surface area contributed by atoms with Crippen LogP contribution in [0.1, 0.15) is 35.2 Å². The minimum Gasteiger partial charge on any atom is -0.376 e. The molecule has 7 nitrogen and oxygen atoms in total. The number of hydrogen-bond donors (Lipinski definition) is 1. The molecule has 31 heavy (non-hydrogen) atoms. The normalized spacial score (nSPS) is 18.1. The van der Waals surface area contributed by atoms with Crippen LogP contribution in [0, 0.1) is 0 Å². The number of fused-ring (bicyclic) bond motifs is 1. The predicted molar refractivity (Wildman–Crippen MR) is 121 cm³/mol. The molecule has 0 bridgehead atoms. The summed E-state index contributed by atoms with van der Waals surface area (Å²) in [5.74, 6) is 1.16. The minimum absolute atomic E-state index is 0.0225. The number of hydrogen-bond acceptors (Lipinski definition) is 7. The van der Waals surface area contributed by atoms with Crippen molar-refractivity contribution in [2.24, 2.45) is 0 Å². The van der Waals surface area contributed by atoms with Crippen molar-refractivity contribution in [3.05, 3.63) is 46.8 Å². The van der Waals surface area contributed by atoms with E-state index in [9.17, 15) is 9.59 Å². The Kier molecular flexibility index (Phi) is 5.89. The first-order valence-corrected chi connectivity index (χ1v) is 12.2. The van der Waals surface area contributed by atoms with Crippen LogP contribution in [0.2, 0.25) is 0 Å². The highest BCUT2D eigenvalue weighted by atomic mass is 32.2. The summed E-state index contributed by atoms with van der Waals surface area (Å²) in [7, 11) is 0. The molecule has 0 saturated carbocycles. The van der Waals surface area contributed by atoms with E-state index in [0.717, 1.165) is 46.6 Å². The predicted octanol–water partition coefficient (Wildman–Crippen LogP) is 4.05. The van der Waals surface area contributed by atoms with Gasteiger partial charge in [0.25, 0.3) is 0 Å². The molecule has 1 atom stereocenters. The topological polar surface area (TPSA) is 86.1 Å². The molecule has 1 N–H and O–H groups in total. The summed E-state index contributed by atoms with van der Waals surface area (Å²) in [4.78, 5) is 25.5. The molecule has 2 aliphatic rings.